The number of imide groups is 1. The van der Waals surface area contributed by atoms with E-state index in [1.807, 2.05) is 56.3 Å². The standard InChI is InChI=1S/C28H25NO6S/c1-3-33-24-17-20(11-14-23(24)35-27(31)21-12-9-19(2)10-13-21)18-25-26(30)29(28(32)36-25)15-16-34-22-7-5-4-6-8-22/h4-14,17-18H,3,15-16H2,1-2H3/b25-18-. The monoisotopic (exact) mass is 503 g/mol. The van der Waals surface area contributed by atoms with Crippen molar-refractivity contribution in [2.75, 3.05) is 19.8 Å². The number of nitrogens with zero attached hydrogens (tertiary/aromatic N) is 1. The van der Waals surface area contributed by atoms with Crippen molar-refractivity contribution in [2.24, 2.45) is 0 Å². The fourth-order valence-electron chi connectivity index (χ4n) is 3.43. The minimum Gasteiger partial charge on any atom is -0.492 e. The van der Waals surface area contributed by atoms with Crippen LogP contribution in [-0.4, -0.2) is 41.8 Å². The molecule has 0 radical (unpaired) electrons. The van der Waals surface area contributed by atoms with Crippen LogP contribution in [0.4, 0.5) is 4.79 Å². The highest BCUT2D eigenvalue weighted by atomic mass is 32.2. The van der Waals surface area contributed by atoms with Crippen LogP contribution < -0.4 is 14.2 Å². The van der Waals surface area contributed by atoms with Crippen molar-refractivity contribution in [1.29, 1.82) is 0 Å². The molecule has 1 aliphatic heterocycles. The number of esters is 1. The number of carbonyl (C=O) groups excluding carboxylic acids is 3. The van der Waals surface area contributed by atoms with Gasteiger partial charge >= 0.3 is 5.97 Å². The summed E-state index contributed by atoms with van der Waals surface area (Å²) in [5.74, 6) is 0.427. The molecule has 184 valence electrons. The number of benzene rings is 3. The first kappa shape index (κ1) is 25.1. The number of carbonyl (C=O) groups is 3. The summed E-state index contributed by atoms with van der Waals surface area (Å²) in [6, 6.07) is 21.3. The Kier molecular flexibility index (Phi) is 8.07. The maximum Gasteiger partial charge on any atom is 0.343 e. The zero-order valence-corrected chi connectivity index (χ0v) is 20.7. The third-order valence-corrected chi connectivity index (χ3v) is 6.16. The van der Waals surface area contributed by atoms with E-state index in [2.05, 4.69) is 0 Å². The predicted molar refractivity (Wildman–Crippen MR) is 138 cm³/mol. The fourth-order valence-corrected chi connectivity index (χ4v) is 4.30. The van der Waals surface area contributed by atoms with Crippen molar-refractivity contribution < 1.29 is 28.6 Å². The van der Waals surface area contributed by atoms with Crippen molar-refractivity contribution in [3.05, 3.63) is 94.4 Å². The van der Waals surface area contributed by atoms with Crippen LogP contribution in [0.2, 0.25) is 0 Å². The van der Waals surface area contributed by atoms with Gasteiger partial charge in [-0.1, -0.05) is 42.0 Å². The normalized spacial score (nSPS) is 14.3. The average molecular weight is 504 g/mol. The minimum absolute atomic E-state index is 0.148. The van der Waals surface area contributed by atoms with E-state index in [0.29, 0.717) is 34.1 Å². The zero-order chi connectivity index (χ0) is 25.5. The first-order chi connectivity index (χ1) is 17.4. The van der Waals surface area contributed by atoms with Gasteiger partial charge < -0.3 is 14.2 Å². The summed E-state index contributed by atoms with van der Waals surface area (Å²) in [6.07, 6.45) is 1.62. The van der Waals surface area contributed by atoms with E-state index in [1.165, 1.54) is 4.90 Å². The van der Waals surface area contributed by atoms with E-state index in [-0.39, 0.29) is 30.0 Å². The fraction of sp³-hybridized carbons (Fsp3) is 0.179. The number of rotatable bonds is 9. The van der Waals surface area contributed by atoms with Crippen LogP contribution in [0, 0.1) is 6.92 Å². The third kappa shape index (κ3) is 6.14. The molecule has 4 rings (SSSR count). The molecule has 0 spiro atoms. The minimum atomic E-state index is -0.498. The second kappa shape index (κ2) is 11.6. The van der Waals surface area contributed by atoms with Crippen molar-refractivity contribution >= 4 is 35.0 Å². The summed E-state index contributed by atoms with van der Waals surface area (Å²) < 4.78 is 16.8. The molecule has 1 aliphatic rings. The van der Waals surface area contributed by atoms with Crippen LogP contribution >= 0.6 is 11.8 Å². The number of amides is 2. The first-order valence-corrected chi connectivity index (χ1v) is 12.2. The van der Waals surface area contributed by atoms with Crippen LogP contribution in [0.25, 0.3) is 6.08 Å². The Morgan fingerprint density at radius 3 is 2.42 bits per heavy atom. The van der Waals surface area contributed by atoms with Crippen molar-refractivity contribution in [3.8, 4) is 17.2 Å². The number of ether oxygens (including phenoxy) is 3. The molecule has 0 N–H and O–H groups in total. The lowest BCUT2D eigenvalue weighted by Crippen LogP contribution is -2.32. The van der Waals surface area contributed by atoms with E-state index in [9.17, 15) is 14.4 Å². The van der Waals surface area contributed by atoms with Crippen molar-refractivity contribution in [2.45, 2.75) is 13.8 Å². The Labute approximate surface area is 213 Å². The lowest BCUT2D eigenvalue weighted by Gasteiger charge is -2.13. The summed E-state index contributed by atoms with van der Waals surface area (Å²) in [5, 5.41) is -0.350. The van der Waals surface area contributed by atoms with Gasteiger partial charge in [0.25, 0.3) is 11.1 Å². The van der Waals surface area contributed by atoms with Gasteiger partial charge in [-0.2, -0.15) is 0 Å². The lowest BCUT2D eigenvalue weighted by atomic mass is 10.1. The third-order valence-electron chi connectivity index (χ3n) is 5.26. The highest BCUT2D eigenvalue weighted by Crippen LogP contribution is 2.35. The molecule has 3 aromatic rings. The second-order valence-corrected chi connectivity index (χ2v) is 8.88. The largest absolute Gasteiger partial charge is 0.492 e. The smallest absolute Gasteiger partial charge is 0.343 e. The SMILES string of the molecule is CCOc1cc(/C=C2\SC(=O)N(CCOc3ccccc3)C2=O)ccc1OC(=O)c1ccc(C)cc1. The predicted octanol–water partition coefficient (Wildman–Crippen LogP) is 5.73. The molecule has 7 nitrogen and oxygen atoms in total. The Morgan fingerprint density at radius 1 is 0.944 bits per heavy atom. The molecule has 0 bridgehead atoms. The summed E-state index contributed by atoms with van der Waals surface area (Å²) >= 11 is 0.872. The molecule has 8 heteroatoms. The van der Waals surface area contributed by atoms with Crippen molar-refractivity contribution in [1.82, 2.24) is 4.90 Å². The van der Waals surface area contributed by atoms with Gasteiger partial charge in [-0.15, -0.1) is 0 Å². The second-order valence-electron chi connectivity index (χ2n) is 7.89. The summed E-state index contributed by atoms with van der Waals surface area (Å²) in [5.41, 5.74) is 2.11. The van der Waals surface area contributed by atoms with Gasteiger partial charge in [0.05, 0.1) is 23.6 Å². The summed E-state index contributed by atoms with van der Waals surface area (Å²) in [6.45, 7) is 4.46. The Bertz CT molecular complexity index is 1290. The van der Waals surface area contributed by atoms with E-state index >= 15 is 0 Å². The molecular weight excluding hydrogens is 478 g/mol. The van der Waals surface area contributed by atoms with E-state index in [1.54, 1.807) is 36.4 Å². The van der Waals surface area contributed by atoms with Gasteiger partial charge in [0.15, 0.2) is 11.5 Å². The molecule has 0 atom stereocenters. The van der Waals surface area contributed by atoms with Gasteiger partial charge in [0.2, 0.25) is 0 Å². The Balaban J connectivity index is 1.45. The molecule has 3 aromatic carbocycles. The van der Waals surface area contributed by atoms with Gasteiger partial charge in [0.1, 0.15) is 12.4 Å². The maximum atomic E-state index is 12.8. The molecule has 0 aromatic heterocycles. The zero-order valence-electron chi connectivity index (χ0n) is 19.9. The molecule has 0 saturated carbocycles. The molecule has 36 heavy (non-hydrogen) atoms. The summed E-state index contributed by atoms with van der Waals surface area (Å²) in [4.78, 5) is 39.3. The molecule has 1 saturated heterocycles. The lowest BCUT2D eigenvalue weighted by molar-refractivity contribution is -0.123. The number of hydrogen-bond donors (Lipinski definition) is 0. The molecule has 1 fully saturated rings. The molecule has 2 amide bonds. The quantitative estimate of drug-likeness (QED) is 0.210. The van der Waals surface area contributed by atoms with E-state index < -0.39 is 5.97 Å². The first-order valence-electron chi connectivity index (χ1n) is 11.4. The van der Waals surface area contributed by atoms with Crippen LogP contribution in [0.1, 0.15) is 28.4 Å². The van der Waals surface area contributed by atoms with Gasteiger partial charge in [-0.05, 0) is 73.6 Å². The number of hydrogen-bond acceptors (Lipinski definition) is 7. The van der Waals surface area contributed by atoms with Gasteiger partial charge in [0, 0.05) is 0 Å². The van der Waals surface area contributed by atoms with Gasteiger partial charge in [-0.25, -0.2) is 4.79 Å². The van der Waals surface area contributed by atoms with E-state index in [0.717, 1.165) is 17.3 Å². The van der Waals surface area contributed by atoms with Crippen LogP contribution in [0.3, 0.4) is 0 Å². The number of aryl methyl sites for hydroxylation is 1. The highest BCUT2D eigenvalue weighted by molar-refractivity contribution is 8.18. The average Bonchev–Trinajstić information content (AvgIpc) is 3.14. The Hall–Kier alpha value is -4.04. The molecule has 0 aliphatic carbocycles. The van der Waals surface area contributed by atoms with Crippen LogP contribution in [0.15, 0.2) is 77.7 Å². The maximum absolute atomic E-state index is 12.8. The molecular formula is C28H25NO6S. The van der Waals surface area contributed by atoms with Crippen molar-refractivity contribution in [3.63, 3.8) is 0 Å². The van der Waals surface area contributed by atoms with E-state index in [4.69, 9.17) is 14.2 Å². The van der Waals surface area contributed by atoms with Crippen LogP contribution in [-0.2, 0) is 4.79 Å². The van der Waals surface area contributed by atoms with Gasteiger partial charge in [-0.3, -0.25) is 14.5 Å². The number of para-hydroxylation sites is 1. The number of thioether (sulfide) groups is 1. The summed E-state index contributed by atoms with van der Waals surface area (Å²) in [7, 11) is 0. The topological polar surface area (TPSA) is 82.1 Å². The Morgan fingerprint density at radius 2 is 1.69 bits per heavy atom. The van der Waals surface area contributed by atoms with Crippen LogP contribution in [0.5, 0.6) is 17.2 Å². The highest BCUT2D eigenvalue weighted by Gasteiger charge is 2.34. The molecule has 1 heterocycles. The molecule has 0 unspecified atom stereocenters.